The van der Waals surface area contributed by atoms with E-state index < -0.39 is 0 Å². The maximum atomic E-state index is 6.79. The Balaban J connectivity index is 0.843. The van der Waals surface area contributed by atoms with Gasteiger partial charge in [0.05, 0.1) is 16.7 Å². The molecule has 314 valence electrons. The van der Waals surface area contributed by atoms with Crippen LogP contribution in [0.25, 0.3) is 105 Å². The van der Waals surface area contributed by atoms with E-state index in [2.05, 4.69) is 264 Å². The van der Waals surface area contributed by atoms with Crippen molar-refractivity contribution in [2.45, 2.75) is 0 Å². The standard InChI is InChI=1S/C64H42N2O/c1-3-12-43(13-4-1)46-26-34-52(35-27-46)65(61-21-11-19-57-63-55-17-8-7-16-50(55)33-41-62(63)67-64(57)61)53-36-28-48(29-37-53)45-22-24-49(25-23-45)51-32-40-60-58(42-51)56-18-9-10-20-59(56)66(60)54-38-30-47(31-39-54)44-14-5-2-6-15-44/h1-42H. The Bertz CT molecular complexity index is 3920. The Kier molecular flexibility index (Phi) is 9.17. The van der Waals surface area contributed by atoms with Gasteiger partial charge in [-0.15, -0.1) is 0 Å². The molecule has 3 nitrogen and oxygen atoms in total. The van der Waals surface area contributed by atoms with Crippen LogP contribution in [-0.2, 0) is 0 Å². The number of anilines is 3. The lowest BCUT2D eigenvalue weighted by molar-refractivity contribution is 0.669. The highest BCUT2D eigenvalue weighted by Gasteiger charge is 2.21. The molecule has 0 radical (unpaired) electrons. The van der Waals surface area contributed by atoms with Gasteiger partial charge in [0.15, 0.2) is 5.58 Å². The van der Waals surface area contributed by atoms with E-state index in [1.807, 2.05) is 0 Å². The maximum Gasteiger partial charge on any atom is 0.159 e. The van der Waals surface area contributed by atoms with E-state index in [-0.39, 0.29) is 0 Å². The largest absolute Gasteiger partial charge is 0.454 e. The summed E-state index contributed by atoms with van der Waals surface area (Å²) >= 11 is 0. The predicted octanol–water partition coefficient (Wildman–Crippen LogP) is 18.0. The molecule has 0 unspecified atom stereocenters. The summed E-state index contributed by atoms with van der Waals surface area (Å²) < 4.78 is 9.18. The molecule has 0 N–H and O–H groups in total. The number of nitrogens with zero attached hydrogens (tertiary/aromatic N) is 2. The van der Waals surface area contributed by atoms with Crippen molar-refractivity contribution in [2.75, 3.05) is 4.90 Å². The monoisotopic (exact) mass is 854 g/mol. The van der Waals surface area contributed by atoms with Crippen LogP contribution in [0.3, 0.4) is 0 Å². The first-order chi connectivity index (χ1) is 33.2. The van der Waals surface area contributed by atoms with Crippen molar-refractivity contribution >= 4 is 71.6 Å². The zero-order chi connectivity index (χ0) is 44.3. The average molecular weight is 855 g/mol. The van der Waals surface area contributed by atoms with Crippen LogP contribution >= 0.6 is 0 Å². The highest BCUT2D eigenvalue weighted by atomic mass is 16.3. The number of hydrogen-bond acceptors (Lipinski definition) is 2. The highest BCUT2D eigenvalue weighted by molar-refractivity contribution is 6.21. The van der Waals surface area contributed by atoms with Crippen molar-refractivity contribution in [3.05, 3.63) is 255 Å². The third-order valence-corrected chi connectivity index (χ3v) is 13.4. The van der Waals surface area contributed by atoms with Gasteiger partial charge in [0.25, 0.3) is 0 Å². The van der Waals surface area contributed by atoms with Crippen LogP contribution < -0.4 is 4.90 Å². The van der Waals surface area contributed by atoms with Gasteiger partial charge in [-0.3, -0.25) is 0 Å². The lowest BCUT2D eigenvalue weighted by Crippen LogP contribution is -2.10. The number of furan rings is 1. The quantitative estimate of drug-likeness (QED) is 0.152. The molecule has 13 rings (SSSR count). The Labute approximate surface area is 388 Å². The predicted molar refractivity (Wildman–Crippen MR) is 282 cm³/mol. The normalized spacial score (nSPS) is 11.6. The molecule has 0 saturated heterocycles. The Morgan fingerprint density at radius 3 is 1.43 bits per heavy atom. The van der Waals surface area contributed by atoms with E-state index >= 15 is 0 Å². The van der Waals surface area contributed by atoms with Crippen molar-refractivity contribution in [1.29, 1.82) is 0 Å². The van der Waals surface area contributed by atoms with E-state index in [1.54, 1.807) is 0 Å². The number of benzene rings is 11. The smallest absolute Gasteiger partial charge is 0.159 e. The van der Waals surface area contributed by atoms with Crippen molar-refractivity contribution in [1.82, 2.24) is 4.57 Å². The zero-order valence-electron chi connectivity index (χ0n) is 36.6. The molecule has 0 aliphatic rings. The fourth-order valence-electron chi connectivity index (χ4n) is 10.1. The van der Waals surface area contributed by atoms with Crippen molar-refractivity contribution < 1.29 is 4.42 Å². The molecular weight excluding hydrogens is 813 g/mol. The molecule has 0 atom stereocenters. The molecule has 0 bridgehead atoms. The zero-order valence-corrected chi connectivity index (χ0v) is 36.6. The van der Waals surface area contributed by atoms with Crippen LogP contribution in [0.5, 0.6) is 0 Å². The van der Waals surface area contributed by atoms with Crippen molar-refractivity contribution in [3.63, 3.8) is 0 Å². The number of rotatable bonds is 8. The summed E-state index contributed by atoms with van der Waals surface area (Å²) in [5.74, 6) is 0. The molecule has 11 aromatic carbocycles. The molecule has 0 amide bonds. The molecule has 3 heteroatoms. The van der Waals surface area contributed by atoms with Gasteiger partial charge in [0.1, 0.15) is 5.58 Å². The molecule has 0 spiro atoms. The fourth-order valence-corrected chi connectivity index (χ4v) is 10.1. The van der Waals surface area contributed by atoms with Gasteiger partial charge < -0.3 is 13.9 Å². The lowest BCUT2D eigenvalue weighted by Gasteiger charge is -2.26. The first kappa shape index (κ1) is 38.5. The third-order valence-electron chi connectivity index (χ3n) is 13.4. The second-order valence-corrected chi connectivity index (χ2v) is 17.3. The minimum atomic E-state index is 0.862. The van der Waals surface area contributed by atoms with Gasteiger partial charge in [-0.25, -0.2) is 0 Å². The summed E-state index contributed by atoms with van der Waals surface area (Å²) in [7, 11) is 0. The SMILES string of the molecule is c1ccc(-c2ccc(N(c3ccc(-c4ccc(-c5ccc6c(c5)c5ccccc5n6-c5ccc(-c6ccccc6)cc5)cc4)cc3)c3cccc4c3oc3ccc5ccccc5c34)cc2)cc1. The minimum absolute atomic E-state index is 0.862. The van der Waals surface area contributed by atoms with Crippen LogP contribution in [0.2, 0.25) is 0 Å². The summed E-state index contributed by atoms with van der Waals surface area (Å²) in [6.45, 7) is 0. The summed E-state index contributed by atoms with van der Waals surface area (Å²) in [5, 5.41) is 7.13. The number of aromatic nitrogens is 1. The fraction of sp³-hybridized carbons (Fsp3) is 0. The summed E-state index contributed by atoms with van der Waals surface area (Å²) in [5.41, 5.74) is 17.9. The molecule has 2 heterocycles. The van der Waals surface area contributed by atoms with E-state index in [0.717, 1.165) is 55.8 Å². The second-order valence-electron chi connectivity index (χ2n) is 17.3. The first-order valence-corrected chi connectivity index (χ1v) is 22.9. The maximum absolute atomic E-state index is 6.79. The summed E-state index contributed by atoms with van der Waals surface area (Å²) in [4.78, 5) is 2.32. The molecule has 0 aliphatic carbocycles. The van der Waals surface area contributed by atoms with Gasteiger partial charge in [-0.05, 0) is 122 Å². The minimum Gasteiger partial charge on any atom is -0.454 e. The van der Waals surface area contributed by atoms with E-state index in [0.29, 0.717) is 0 Å². The third kappa shape index (κ3) is 6.67. The highest BCUT2D eigenvalue weighted by Crippen LogP contribution is 2.45. The van der Waals surface area contributed by atoms with Crippen LogP contribution in [0.4, 0.5) is 17.1 Å². The van der Waals surface area contributed by atoms with Gasteiger partial charge in [-0.2, -0.15) is 0 Å². The Hall–Kier alpha value is -8.92. The van der Waals surface area contributed by atoms with Crippen molar-refractivity contribution in [2.24, 2.45) is 0 Å². The number of hydrogen-bond donors (Lipinski definition) is 0. The Morgan fingerprint density at radius 2 is 0.791 bits per heavy atom. The molecule has 2 aromatic heterocycles. The van der Waals surface area contributed by atoms with E-state index in [1.165, 1.54) is 66.0 Å². The molecule has 13 aromatic rings. The first-order valence-electron chi connectivity index (χ1n) is 22.9. The lowest BCUT2D eigenvalue weighted by atomic mass is 9.98. The van der Waals surface area contributed by atoms with E-state index in [4.69, 9.17) is 4.42 Å². The van der Waals surface area contributed by atoms with Crippen LogP contribution in [0.15, 0.2) is 259 Å². The molecule has 67 heavy (non-hydrogen) atoms. The van der Waals surface area contributed by atoms with Gasteiger partial charge in [0.2, 0.25) is 0 Å². The van der Waals surface area contributed by atoms with E-state index in [9.17, 15) is 0 Å². The van der Waals surface area contributed by atoms with Crippen LogP contribution in [0, 0.1) is 0 Å². The number of para-hydroxylation sites is 2. The topological polar surface area (TPSA) is 21.3 Å². The molecule has 0 aliphatic heterocycles. The summed E-state index contributed by atoms with van der Waals surface area (Å²) in [6, 6.07) is 91.7. The Morgan fingerprint density at radius 1 is 0.313 bits per heavy atom. The van der Waals surface area contributed by atoms with Gasteiger partial charge in [-0.1, -0.05) is 188 Å². The van der Waals surface area contributed by atoms with Gasteiger partial charge >= 0.3 is 0 Å². The van der Waals surface area contributed by atoms with Crippen LogP contribution in [0.1, 0.15) is 0 Å². The van der Waals surface area contributed by atoms with Crippen LogP contribution in [-0.4, -0.2) is 4.57 Å². The summed E-state index contributed by atoms with van der Waals surface area (Å²) in [6.07, 6.45) is 0. The average Bonchev–Trinajstić information content (AvgIpc) is 3.96. The molecule has 0 fully saturated rings. The van der Waals surface area contributed by atoms with Gasteiger partial charge in [0, 0.05) is 38.6 Å². The van der Waals surface area contributed by atoms with Crippen molar-refractivity contribution in [3.8, 4) is 50.2 Å². The molecule has 0 saturated carbocycles. The number of fused-ring (bicyclic) bond motifs is 8. The second kappa shape index (κ2) is 16.0. The molecular formula is C64H42N2O.